The van der Waals surface area contributed by atoms with Crippen molar-refractivity contribution in [2.45, 2.75) is 45.0 Å². The molecule has 7 heteroatoms. The first-order valence-corrected chi connectivity index (χ1v) is 10.0. The Morgan fingerprint density at radius 2 is 1.79 bits per heavy atom. The molecule has 2 atom stereocenters. The van der Waals surface area contributed by atoms with E-state index in [0.29, 0.717) is 23.4 Å². The summed E-state index contributed by atoms with van der Waals surface area (Å²) in [6, 6.07) is 9.39. The maximum atomic E-state index is 15.3. The van der Waals surface area contributed by atoms with Crippen LogP contribution >= 0.6 is 11.6 Å². The lowest BCUT2D eigenvalue weighted by atomic mass is 10.0. The summed E-state index contributed by atoms with van der Waals surface area (Å²) in [6.45, 7) is 5.69. The number of carbonyl (C=O) groups excluding carboxylic acids is 1. The first kappa shape index (κ1) is 20.0. The van der Waals surface area contributed by atoms with Crippen molar-refractivity contribution in [3.63, 3.8) is 0 Å². The van der Waals surface area contributed by atoms with Crippen molar-refractivity contribution in [3.05, 3.63) is 47.2 Å². The summed E-state index contributed by atoms with van der Waals surface area (Å²) in [5, 5.41) is 2.02. The number of amides is 1. The second-order valence-corrected chi connectivity index (χ2v) is 8.93. The maximum Gasteiger partial charge on any atom is 0.410 e. The van der Waals surface area contributed by atoms with Gasteiger partial charge in [-0.1, -0.05) is 11.6 Å². The molecule has 4 rings (SSSR count). The molecule has 29 heavy (non-hydrogen) atoms. The molecule has 1 aromatic heterocycles. The van der Waals surface area contributed by atoms with Crippen molar-refractivity contribution in [1.82, 2.24) is 9.47 Å². The summed E-state index contributed by atoms with van der Waals surface area (Å²) in [7, 11) is 0. The molecule has 0 aliphatic carbocycles. The summed E-state index contributed by atoms with van der Waals surface area (Å²) >= 11 is 6.15. The maximum absolute atomic E-state index is 15.3. The van der Waals surface area contributed by atoms with Gasteiger partial charge in [-0.3, -0.25) is 0 Å². The van der Waals surface area contributed by atoms with Gasteiger partial charge in [0.15, 0.2) is 0 Å². The van der Waals surface area contributed by atoms with E-state index in [9.17, 15) is 9.18 Å². The van der Waals surface area contributed by atoms with Gasteiger partial charge in [0.25, 0.3) is 0 Å². The average molecular weight is 421 g/mol. The fraction of sp³-hybridized carbons (Fsp3) is 0.409. The minimum absolute atomic E-state index is 0.0461. The van der Waals surface area contributed by atoms with Gasteiger partial charge in [-0.15, -0.1) is 0 Å². The Labute approximate surface area is 173 Å². The second-order valence-electron chi connectivity index (χ2n) is 8.49. The highest BCUT2D eigenvalue weighted by molar-refractivity contribution is 6.31. The van der Waals surface area contributed by atoms with E-state index in [1.54, 1.807) is 39.0 Å². The van der Waals surface area contributed by atoms with E-state index in [1.165, 1.54) is 17.0 Å². The van der Waals surface area contributed by atoms with Crippen LogP contribution in [0.3, 0.4) is 0 Å². The molecule has 1 saturated heterocycles. The lowest BCUT2D eigenvalue weighted by molar-refractivity contribution is 0.00737. The molecule has 1 aliphatic heterocycles. The van der Waals surface area contributed by atoms with Gasteiger partial charge in [-0.05, 0) is 63.6 Å². The molecule has 2 heterocycles. The third-order valence-corrected chi connectivity index (χ3v) is 5.45. The number of carbonyl (C=O) groups is 1. The molecule has 0 bridgehead atoms. The molecular formula is C22H23ClF2N2O2. The van der Waals surface area contributed by atoms with Crippen molar-refractivity contribution in [3.8, 4) is 0 Å². The van der Waals surface area contributed by atoms with Crippen LogP contribution in [-0.4, -0.2) is 40.4 Å². The quantitative estimate of drug-likeness (QED) is 0.476. The van der Waals surface area contributed by atoms with Gasteiger partial charge in [0.05, 0.1) is 12.6 Å². The van der Waals surface area contributed by atoms with E-state index < -0.39 is 23.9 Å². The molecule has 1 amide bonds. The van der Waals surface area contributed by atoms with Gasteiger partial charge < -0.3 is 14.2 Å². The van der Waals surface area contributed by atoms with Crippen LogP contribution in [0.4, 0.5) is 13.6 Å². The lowest BCUT2D eigenvalue weighted by Crippen LogP contribution is -2.47. The number of piperidine rings is 1. The zero-order valence-corrected chi connectivity index (χ0v) is 17.3. The molecule has 2 aromatic carbocycles. The van der Waals surface area contributed by atoms with Crippen molar-refractivity contribution >= 4 is 39.5 Å². The van der Waals surface area contributed by atoms with Crippen LogP contribution in [0.5, 0.6) is 0 Å². The van der Waals surface area contributed by atoms with E-state index in [-0.39, 0.29) is 12.4 Å². The van der Waals surface area contributed by atoms with Crippen LogP contribution in [0, 0.1) is 5.82 Å². The van der Waals surface area contributed by atoms with Gasteiger partial charge >= 0.3 is 6.09 Å². The average Bonchev–Trinajstić information content (AvgIpc) is 2.93. The first-order chi connectivity index (χ1) is 13.6. The number of ether oxygens (including phenoxy) is 1. The zero-order valence-electron chi connectivity index (χ0n) is 16.6. The van der Waals surface area contributed by atoms with Crippen LogP contribution in [0.15, 0.2) is 36.4 Å². The van der Waals surface area contributed by atoms with Gasteiger partial charge in [-0.2, -0.15) is 0 Å². The zero-order chi connectivity index (χ0) is 20.9. The summed E-state index contributed by atoms with van der Waals surface area (Å²) in [5.74, 6) is -0.354. The van der Waals surface area contributed by atoms with Gasteiger partial charge in [0.1, 0.15) is 17.6 Å². The van der Waals surface area contributed by atoms with E-state index in [1.807, 2.05) is 10.6 Å². The fourth-order valence-electron chi connectivity index (χ4n) is 4.03. The number of hydrogen-bond donors (Lipinski definition) is 0. The Balaban J connectivity index is 1.71. The summed E-state index contributed by atoms with van der Waals surface area (Å²) < 4.78 is 36.5. The van der Waals surface area contributed by atoms with Gasteiger partial charge in [-0.25, -0.2) is 13.6 Å². The highest BCUT2D eigenvalue weighted by Gasteiger charge is 2.35. The summed E-state index contributed by atoms with van der Waals surface area (Å²) in [6.07, 6.45) is -1.36. The predicted octanol–water partition coefficient (Wildman–Crippen LogP) is 6.11. The SMILES string of the molecule is CC(C)(C)OC(=O)N1CC[C@@H](n2c3ccc(F)cc3c3cc(Cl)ccc32)[C@H](F)C1. The highest BCUT2D eigenvalue weighted by atomic mass is 35.5. The smallest absolute Gasteiger partial charge is 0.410 e. The lowest BCUT2D eigenvalue weighted by Gasteiger charge is -2.36. The molecule has 0 unspecified atom stereocenters. The molecule has 0 N–H and O–H groups in total. The third-order valence-electron chi connectivity index (χ3n) is 5.22. The standard InChI is InChI=1S/C22H23ClF2N2O2/c1-22(2,3)29-21(28)26-9-8-20(17(25)12-26)27-18-6-4-13(23)10-15(18)16-11-14(24)5-7-19(16)27/h4-7,10-11,17,20H,8-9,12H2,1-3H3/t17-,20-/m1/s1. The molecule has 0 spiro atoms. The monoisotopic (exact) mass is 420 g/mol. The van der Waals surface area contributed by atoms with Crippen LogP contribution < -0.4 is 0 Å². The van der Waals surface area contributed by atoms with E-state index in [0.717, 1.165) is 16.4 Å². The van der Waals surface area contributed by atoms with E-state index >= 15 is 4.39 Å². The third kappa shape index (κ3) is 3.78. The van der Waals surface area contributed by atoms with Gasteiger partial charge in [0.2, 0.25) is 0 Å². The number of hydrogen-bond acceptors (Lipinski definition) is 2. The molecule has 1 aliphatic rings. The Hall–Kier alpha value is -2.34. The number of fused-ring (bicyclic) bond motifs is 3. The Kier molecular flexibility index (Phi) is 4.93. The minimum Gasteiger partial charge on any atom is -0.444 e. The number of alkyl halides is 1. The minimum atomic E-state index is -1.28. The summed E-state index contributed by atoms with van der Waals surface area (Å²) in [5.41, 5.74) is 0.922. The Morgan fingerprint density at radius 3 is 2.45 bits per heavy atom. The second kappa shape index (κ2) is 7.17. The molecule has 0 radical (unpaired) electrons. The van der Waals surface area contributed by atoms with E-state index in [4.69, 9.17) is 16.3 Å². The van der Waals surface area contributed by atoms with Crippen LogP contribution in [-0.2, 0) is 4.74 Å². The topological polar surface area (TPSA) is 34.5 Å². The number of nitrogens with zero attached hydrogens (tertiary/aromatic N) is 2. The van der Waals surface area contributed by atoms with Crippen molar-refractivity contribution < 1.29 is 18.3 Å². The predicted molar refractivity (Wildman–Crippen MR) is 111 cm³/mol. The molecule has 1 fully saturated rings. The number of halogens is 3. The van der Waals surface area contributed by atoms with Crippen molar-refractivity contribution in [2.24, 2.45) is 0 Å². The van der Waals surface area contributed by atoms with Crippen molar-refractivity contribution in [1.29, 1.82) is 0 Å². The number of aromatic nitrogens is 1. The highest BCUT2D eigenvalue weighted by Crippen LogP contribution is 2.38. The van der Waals surface area contributed by atoms with Crippen LogP contribution in [0.2, 0.25) is 5.02 Å². The van der Waals surface area contributed by atoms with Crippen LogP contribution in [0.1, 0.15) is 33.2 Å². The van der Waals surface area contributed by atoms with Crippen molar-refractivity contribution in [2.75, 3.05) is 13.1 Å². The Morgan fingerprint density at radius 1 is 1.14 bits per heavy atom. The summed E-state index contributed by atoms with van der Waals surface area (Å²) in [4.78, 5) is 13.7. The molecule has 3 aromatic rings. The number of likely N-dealkylation sites (tertiary alicyclic amines) is 1. The molecule has 4 nitrogen and oxygen atoms in total. The molecule has 0 saturated carbocycles. The Bertz CT molecular complexity index is 1030. The number of rotatable bonds is 1. The normalized spacial score (nSPS) is 20.4. The van der Waals surface area contributed by atoms with Gasteiger partial charge in [0, 0.05) is 33.4 Å². The molecular weight excluding hydrogens is 398 g/mol. The fourth-order valence-corrected chi connectivity index (χ4v) is 4.20. The molecule has 154 valence electrons. The number of benzene rings is 2. The van der Waals surface area contributed by atoms with E-state index in [2.05, 4.69) is 0 Å². The first-order valence-electron chi connectivity index (χ1n) is 9.65. The van der Waals surface area contributed by atoms with Crippen LogP contribution in [0.25, 0.3) is 21.8 Å². The largest absolute Gasteiger partial charge is 0.444 e.